The fourth-order valence-corrected chi connectivity index (χ4v) is 1.54. The summed E-state index contributed by atoms with van der Waals surface area (Å²) in [4.78, 5) is 8.04. The third-order valence-corrected chi connectivity index (χ3v) is 2.25. The van der Waals surface area contributed by atoms with Gasteiger partial charge in [-0.25, -0.2) is 4.98 Å². The average Bonchev–Trinajstić information content (AvgIpc) is 2.47. The van der Waals surface area contributed by atoms with Crippen molar-refractivity contribution in [3.8, 4) is 0 Å². The molecule has 0 bridgehead atoms. The molecule has 0 N–H and O–H groups in total. The van der Waals surface area contributed by atoms with Gasteiger partial charge in [-0.3, -0.25) is 0 Å². The Morgan fingerprint density at radius 2 is 2.07 bits per heavy atom. The number of nitrogens with zero attached hydrogens (tertiary/aromatic N) is 4. The molecular formula is C7H5Cl3N4. The molecule has 0 aliphatic heterocycles. The maximum atomic E-state index is 5.78. The molecule has 0 saturated carbocycles. The first kappa shape index (κ1) is 9.96. The quantitative estimate of drug-likeness (QED) is 0.675. The first-order valence-electron chi connectivity index (χ1n) is 3.73. The van der Waals surface area contributed by atoms with Crippen LogP contribution in [0.4, 0.5) is 0 Å². The summed E-state index contributed by atoms with van der Waals surface area (Å²) >= 11 is 17.3. The van der Waals surface area contributed by atoms with Crippen LogP contribution in [0, 0.1) is 6.92 Å². The van der Waals surface area contributed by atoms with Crippen LogP contribution in [0.15, 0.2) is 12.4 Å². The summed E-state index contributed by atoms with van der Waals surface area (Å²) < 4.78 is -0.125. The Morgan fingerprint density at radius 1 is 1.36 bits per heavy atom. The Balaban J connectivity index is 2.80. The Hall–Kier alpha value is -0.580. The van der Waals surface area contributed by atoms with Gasteiger partial charge in [0, 0.05) is 5.69 Å². The van der Waals surface area contributed by atoms with E-state index in [1.807, 2.05) is 0 Å². The Labute approximate surface area is 94.8 Å². The second-order valence-electron chi connectivity index (χ2n) is 2.75. The SMILES string of the molecule is Cc1cc(C(Cl)(Cl)Cl)n2ncnc2n1. The van der Waals surface area contributed by atoms with E-state index in [-0.39, 0.29) is 0 Å². The highest BCUT2D eigenvalue weighted by atomic mass is 35.6. The molecule has 74 valence electrons. The average molecular weight is 252 g/mol. The minimum Gasteiger partial charge on any atom is -0.216 e. The molecule has 14 heavy (non-hydrogen) atoms. The van der Waals surface area contributed by atoms with Crippen LogP contribution in [-0.4, -0.2) is 19.6 Å². The van der Waals surface area contributed by atoms with Crippen molar-refractivity contribution in [2.24, 2.45) is 0 Å². The summed E-state index contributed by atoms with van der Waals surface area (Å²) in [5.41, 5.74) is 1.16. The first-order chi connectivity index (χ1) is 6.48. The van der Waals surface area contributed by atoms with Gasteiger partial charge in [0.05, 0.1) is 5.69 Å². The van der Waals surface area contributed by atoms with Gasteiger partial charge in [-0.2, -0.15) is 14.6 Å². The Kier molecular flexibility index (Phi) is 2.29. The van der Waals surface area contributed by atoms with Crippen LogP contribution < -0.4 is 0 Å². The molecule has 2 aromatic rings. The molecule has 0 spiro atoms. The monoisotopic (exact) mass is 250 g/mol. The van der Waals surface area contributed by atoms with Crippen molar-refractivity contribution < 1.29 is 0 Å². The highest BCUT2D eigenvalue weighted by Gasteiger charge is 2.27. The highest BCUT2D eigenvalue weighted by Crippen LogP contribution is 2.37. The number of aromatic nitrogens is 4. The van der Waals surface area contributed by atoms with Gasteiger partial charge in [0.15, 0.2) is 0 Å². The van der Waals surface area contributed by atoms with Crippen LogP contribution in [0.25, 0.3) is 5.78 Å². The lowest BCUT2D eigenvalue weighted by Gasteiger charge is -2.12. The molecule has 0 atom stereocenters. The molecule has 0 amide bonds. The second kappa shape index (κ2) is 3.22. The second-order valence-corrected chi connectivity index (χ2v) is 5.03. The van der Waals surface area contributed by atoms with E-state index in [0.717, 1.165) is 5.69 Å². The van der Waals surface area contributed by atoms with Crippen molar-refractivity contribution in [1.82, 2.24) is 19.6 Å². The summed E-state index contributed by atoms with van der Waals surface area (Å²) in [6.45, 7) is 1.80. The van der Waals surface area contributed by atoms with E-state index in [2.05, 4.69) is 15.1 Å². The smallest absolute Gasteiger partial charge is 0.216 e. The van der Waals surface area contributed by atoms with Crippen LogP contribution in [0.3, 0.4) is 0 Å². The predicted molar refractivity (Wildman–Crippen MR) is 54.8 cm³/mol. The number of hydrogen-bond donors (Lipinski definition) is 0. The van der Waals surface area contributed by atoms with E-state index < -0.39 is 3.79 Å². The van der Waals surface area contributed by atoms with Crippen LogP contribution in [0.1, 0.15) is 11.4 Å². The standard InChI is InChI=1S/C7H5Cl3N4/c1-4-2-5(7(8,9)10)14-6(13-4)11-3-12-14/h2-3H,1H3. The van der Waals surface area contributed by atoms with Crippen molar-refractivity contribution >= 4 is 40.6 Å². The number of aryl methyl sites for hydroxylation is 1. The van der Waals surface area contributed by atoms with Gasteiger partial charge < -0.3 is 0 Å². The van der Waals surface area contributed by atoms with Crippen LogP contribution in [0.2, 0.25) is 0 Å². The molecule has 2 rings (SSSR count). The normalized spacial score (nSPS) is 12.3. The molecule has 2 heterocycles. The third kappa shape index (κ3) is 1.65. The molecule has 0 fully saturated rings. The number of fused-ring (bicyclic) bond motifs is 1. The van der Waals surface area contributed by atoms with Gasteiger partial charge >= 0.3 is 0 Å². The van der Waals surface area contributed by atoms with E-state index in [0.29, 0.717) is 11.5 Å². The van der Waals surface area contributed by atoms with Crippen LogP contribution >= 0.6 is 34.8 Å². The van der Waals surface area contributed by atoms with E-state index in [1.54, 1.807) is 13.0 Å². The summed E-state index contributed by atoms with van der Waals surface area (Å²) in [6.07, 6.45) is 1.36. The molecular weight excluding hydrogens is 246 g/mol. The fourth-order valence-electron chi connectivity index (χ4n) is 1.13. The van der Waals surface area contributed by atoms with Crippen molar-refractivity contribution in [3.63, 3.8) is 0 Å². The summed E-state index contributed by atoms with van der Waals surface area (Å²) in [5.74, 6) is 0.423. The summed E-state index contributed by atoms with van der Waals surface area (Å²) in [6, 6.07) is 1.66. The zero-order chi connectivity index (χ0) is 10.3. The van der Waals surface area contributed by atoms with Crippen molar-refractivity contribution in [2.75, 3.05) is 0 Å². The van der Waals surface area contributed by atoms with Crippen molar-refractivity contribution in [3.05, 3.63) is 23.8 Å². The van der Waals surface area contributed by atoms with E-state index in [4.69, 9.17) is 34.8 Å². The maximum Gasteiger partial charge on any atom is 0.252 e. The molecule has 0 aliphatic carbocycles. The molecule has 7 heteroatoms. The van der Waals surface area contributed by atoms with Crippen LogP contribution in [-0.2, 0) is 3.79 Å². The van der Waals surface area contributed by atoms with Gasteiger partial charge in [-0.1, -0.05) is 34.8 Å². The largest absolute Gasteiger partial charge is 0.252 e. The van der Waals surface area contributed by atoms with Gasteiger partial charge in [0.2, 0.25) is 3.79 Å². The molecule has 0 saturated heterocycles. The number of halogens is 3. The number of hydrogen-bond acceptors (Lipinski definition) is 3. The minimum atomic E-state index is -1.53. The molecule has 0 radical (unpaired) electrons. The van der Waals surface area contributed by atoms with Crippen LogP contribution in [0.5, 0.6) is 0 Å². The molecule has 4 nitrogen and oxygen atoms in total. The first-order valence-corrected chi connectivity index (χ1v) is 4.86. The zero-order valence-corrected chi connectivity index (χ0v) is 9.35. The number of rotatable bonds is 0. The number of alkyl halides is 3. The van der Waals surface area contributed by atoms with Gasteiger partial charge in [-0.15, -0.1) is 0 Å². The maximum absolute atomic E-state index is 5.78. The van der Waals surface area contributed by atoms with Gasteiger partial charge in [-0.05, 0) is 13.0 Å². The van der Waals surface area contributed by atoms with Gasteiger partial charge in [0.1, 0.15) is 6.33 Å². The lowest BCUT2D eigenvalue weighted by molar-refractivity contribution is 0.852. The summed E-state index contributed by atoms with van der Waals surface area (Å²) in [7, 11) is 0. The lowest BCUT2D eigenvalue weighted by Crippen LogP contribution is -2.10. The van der Waals surface area contributed by atoms with Gasteiger partial charge in [0.25, 0.3) is 5.78 Å². The summed E-state index contributed by atoms with van der Waals surface area (Å²) in [5, 5.41) is 3.92. The predicted octanol–water partition coefficient (Wildman–Crippen LogP) is 2.26. The van der Waals surface area contributed by atoms with E-state index in [9.17, 15) is 0 Å². The molecule has 0 unspecified atom stereocenters. The highest BCUT2D eigenvalue weighted by molar-refractivity contribution is 6.66. The van der Waals surface area contributed by atoms with E-state index >= 15 is 0 Å². The topological polar surface area (TPSA) is 43.1 Å². The van der Waals surface area contributed by atoms with E-state index in [1.165, 1.54) is 10.8 Å². The minimum absolute atomic E-state index is 0.423. The Bertz CT molecular complexity index is 473. The zero-order valence-electron chi connectivity index (χ0n) is 7.08. The van der Waals surface area contributed by atoms with Crippen molar-refractivity contribution in [2.45, 2.75) is 10.7 Å². The fraction of sp³-hybridized carbons (Fsp3) is 0.286. The Morgan fingerprint density at radius 3 is 2.71 bits per heavy atom. The third-order valence-electron chi connectivity index (χ3n) is 1.67. The molecule has 0 aliphatic rings. The molecule has 0 aromatic carbocycles. The molecule has 2 aromatic heterocycles. The lowest BCUT2D eigenvalue weighted by atomic mass is 10.3. The van der Waals surface area contributed by atoms with Crippen molar-refractivity contribution in [1.29, 1.82) is 0 Å².